The van der Waals surface area contributed by atoms with Crippen LogP contribution in [0.15, 0.2) is 12.1 Å². The molecule has 0 amide bonds. The molecule has 0 heterocycles. The number of rotatable bonds is 1. The van der Waals surface area contributed by atoms with Gasteiger partial charge in [-0.3, -0.25) is 0 Å². The van der Waals surface area contributed by atoms with Crippen LogP contribution < -0.4 is 5.73 Å². The molecule has 0 radical (unpaired) electrons. The number of halogens is 1. The Morgan fingerprint density at radius 1 is 1.50 bits per heavy atom. The van der Waals surface area contributed by atoms with Crippen molar-refractivity contribution in [2.24, 2.45) is 5.73 Å². The van der Waals surface area contributed by atoms with E-state index in [0.717, 1.165) is 30.4 Å². The monoisotopic (exact) mass is 195 g/mol. The Bertz CT molecular complexity index is 351. The van der Waals surface area contributed by atoms with Crippen molar-refractivity contribution >= 4 is 0 Å². The average Bonchev–Trinajstić information content (AvgIpc) is 2.18. The maximum absolute atomic E-state index is 13.3. The summed E-state index contributed by atoms with van der Waals surface area (Å²) in [5.74, 6) is -0.319. The first-order valence-electron chi connectivity index (χ1n) is 4.90. The fourth-order valence-corrected chi connectivity index (χ4v) is 2.15. The quantitative estimate of drug-likeness (QED) is 0.715. The van der Waals surface area contributed by atoms with Crippen molar-refractivity contribution in [2.75, 3.05) is 0 Å². The largest absolute Gasteiger partial charge is 0.392 e. The molecule has 1 atom stereocenters. The minimum Gasteiger partial charge on any atom is -0.392 e. The Labute approximate surface area is 82.5 Å². The van der Waals surface area contributed by atoms with E-state index in [1.165, 1.54) is 6.07 Å². The molecule has 1 aliphatic carbocycles. The number of aliphatic hydroxyl groups is 1. The van der Waals surface area contributed by atoms with E-state index < -0.39 is 0 Å². The van der Waals surface area contributed by atoms with Crippen molar-refractivity contribution in [2.45, 2.75) is 31.9 Å². The lowest BCUT2D eigenvalue weighted by Gasteiger charge is -2.24. The van der Waals surface area contributed by atoms with Gasteiger partial charge in [-0.25, -0.2) is 4.39 Å². The van der Waals surface area contributed by atoms with Gasteiger partial charge >= 0.3 is 0 Å². The summed E-state index contributed by atoms with van der Waals surface area (Å²) in [6.45, 7) is -0.234. The molecule has 0 saturated carbocycles. The third-order valence-electron chi connectivity index (χ3n) is 2.91. The number of hydrogen-bond donors (Lipinski definition) is 2. The first-order valence-corrected chi connectivity index (χ1v) is 4.90. The van der Waals surface area contributed by atoms with Crippen molar-refractivity contribution in [3.8, 4) is 0 Å². The highest BCUT2D eigenvalue weighted by Crippen LogP contribution is 2.31. The van der Waals surface area contributed by atoms with Gasteiger partial charge in [-0.05, 0) is 36.5 Å². The molecule has 0 aromatic heterocycles. The Hall–Kier alpha value is -0.930. The van der Waals surface area contributed by atoms with E-state index in [-0.39, 0.29) is 18.5 Å². The molecule has 1 aliphatic rings. The number of fused-ring (bicyclic) bond motifs is 1. The van der Waals surface area contributed by atoms with Gasteiger partial charge in [0.1, 0.15) is 5.82 Å². The molecule has 0 bridgehead atoms. The van der Waals surface area contributed by atoms with E-state index >= 15 is 0 Å². The number of benzene rings is 1. The minimum atomic E-state index is -0.319. The Balaban J connectivity index is 2.55. The van der Waals surface area contributed by atoms with E-state index in [1.54, 1.807) is 6.07 Å². The standard InChI is InChI=1S/C11H14FNO/c12-10-5-4-8-7(9(10)6-14)2-1-3-11(8)13/h4-5,11,14H,1-3,6,13H2/t11-/m0/s1. The molecule has 14 heavy (non-hydrogen) atoms. The summed E-state index contributed by atoms with van der Waals surface area (Å²) in [6, 6.07) is 3.15. The minimum absolute atomic E-state index is 0.00431. The highest BCUT2D eigenvalue weighted by atomic mass is 19.1. The molecule has 3 N–H and O–H groups in total. The normalized spacial score (nSPS) is 20.6. The fourth-order valence-electron chi connectivity index (χ4n) is 2.15. The van der Waals surface area contributed by atoms with Crippen LogP contribution >= 0.6 is 0 Å². The predicted octanol–water partition coefficient (Wildman–Crippen LogP) is 1.65. The molecule has 1 aromatic rings. The molecule has 3 heteroatoms. The van der Waals surface area contributed by atoms with Crippen LogP contribution in [0.4, 0.5) is 4.39 Å². The molecular weight excluding hydrogens is 181 g/mol. The molecule has 2 nitrogen and oxygen atoms in total. The van der Waals surface area contributed by atoms with Crippen LogP contribution in [-0.4, -0.2) is 5.11 Å². The zero-order chi connectivity index (χ0) is 10.1. The Morgan fingerprint density at radius 3 is 3.00 bits per heavy atom. The van der Waals surface area contributed by atoms with Gasteiger partial charge in [0.25, 0.3) is 0 Å². The molecule has 2 rings (SSSR count). The SMILES string of the molecule is N[C@H]1CCCc2c1ccc(F)c2CO. The highest BCUT2D eigenvalue weighted by Gasteiger charge is 2.20. The lowest BCUT2D eigenvalue weighted by molar-refractivity contribution is 0.273. The number of nitrogens with two attached hydrogens (primary N) is 1. The fraction of sp³-hybridized carbons (Fsp3) is 0.455. The van der Waals surface area contributed by atoms with Gasteiger partial charge in [-0.1, -0.05) is 6.07 Å². The number of aliphatic hydroxyl groups excluding tert-OH is 1. The van der Waals surface area contributed by atoms with Crippen LogP contribution in [0.3, 0.4) is 0 Å². The number of hydrogen-bond acceptors (Lipinski definition) is 2. The molecule has 76 valence electrons. The van der Waals surface area contributed by atoms with E-state index in [1.807, 2.05) is 0 Å². The average molecular weight is 195 g/mol. The molecule has 0 spiro atoms. The molecule has 0 saturated heterocycles. The lowest BCUT2D eigenvalue weighted by atomic mass is 9.85. The lowest BCUT2D eigenvalue weighted by Crippen LogP contribution is -2.19. The van der Waals surface area contributed by atoms with E-state index in [4.69, 9.17) is 10.8 Å². The Morgan fingerprint density at radius 2 is 2.29 bits per heavy atom. The zero-order valence-electron chi connectivity index (χ0n) is 7.96. The summed E-state index contributed by atoms with van der Waals surface area (Å²) in [5, 5.41) is 9.08. The van der Waals surface area contributed by atoms with Gasteiger partial charge in [0.05, 0.1) is 6.61 Å². The van der Waals surface area contributed by atoms with E-state index in [9.17, 15) is 4.39 Å². The second kappa shape index (κ2) is 3.67. The van der Waals surface area contributed by atoms with Crippen LogP contribution in [0, 0.1) is 5.82 Å². The van der Waals surface area contributed by atoms with Gasteiger partial charge in [0, 0.05) is 11.6 Å². The maximum atomic E-state index is 13.3. The van der Waals surface area contributed by atoms with Crippen LogP contribution in [0.1, 0.15) is 35.6 Å². The topological polar surface area (TPSA) is 46.2 Å². The van der Waals surface area contributed by atoms with E-state index in [2.05, 4.69) is 0 Å². The smallest absolute Gasteiger partial charge is 0.129 e. The zero-order valence-corrected chi connectivity index (χ0v) is 7.96. The van der Waals surface area contributed by atoms with Gasteiger partial charge in [0.2, 0.25) is 0 Å². The molecule has 0 fully saturated rings. The molecule has 1 aromatic carbocycles. The molecular formula is C11H14FNO. The molecule has 0 unspecified atom stereocenters. The van der Waals surface area contributed by atoms with Crippen LogP contribution in [0.5, 0.6) is 0 Å². The highest BCUT2D eigenvalue weighted by molar-refractivity contribution is 5.39. The van der Waals surface area contributed by atoms with Gasteiger partial charge < -0.3 is 10.8 Å². The summed E-state index contributed by atoms with van der Waals surface area (Å²) in [5.41, 5.74) is 8.27. The predicted molar refractivity (Wildman–Crippen MR) is 52.2 cm³/mol. The molecule has 0 aliphatic heterocycles. The third-order valence-corrected chi connectivity index (χ3v) is 2.91. The summed E-state index contributed by atoms with van der Waals surface area (Å²) in [4.78, 5) is 0. The first-order chi connectivity index (χ1) is 6.74. The van der Waals surface area contributed by atoms with Crippen LogP contribution in [-0.2, 0) is 13.0 Å². The maximum Gasteiger partial charge on any atom is 0.129 e. The summed E-state index contributed by atoms with van der Waals surface area (Å²) in [6.07, 6.45) is 2.75. The van der Waals surface area contributed by atoms with Crippen molar-refractivity contribution in [1.29, 1.82) is 0 Å². The van der Waals surface area contributed by atoms with Gasteiger partial charge in [-0.15, -0.1) is 0 Å². The second-order valence-electron chi connectivity index (χ2n) is 3.75. The van der Waals surface area contributed by atoms with Crippen molar-refractivity contribution in [3.63, 3.8) is 0 Å². The van der Waals surface area contributed by atoms with Crippen molar-refractivity contribution in [1.82, 2.24) is 0 Å². The summed E-state index contributed by atoms with van der Waals surface area (Å²) >= 11 is 0. The van der Waals surface area contributed by atoms with Crippen LogP contribution in [0.2, 0.25) is 0 Å². The first kappa shape index (κ1) is 9.62. The second-order valence-corrected chi connectivity index (χ2v) is 3.75. The van der Waals surface area contributed by atoms with Crippen LogP contribution in [0.25, 0.3) is 0 Å². The van der Waals surface area contributed by atoms with Crippen molar-refractivity contribution in [3.05, 3.63) is 34.6 Å². The summed E-state index contributed by atoms with van der Waals surface area (Å²) in [7, 11) is 0. The third kappa shape index (κ3) is 1.42. The van der Waals surface area contributed by atoms with E-state index in [0.29, 0.717) is 5.56 Å². The van der Waals surface area contributed by atoms with Gasteiger partial charge in [-0.2, -0.15) is 0 Å². The van der Waals surface area contributed by atoms with Gasteiger partial charge in [0.15, 0.2) is 0 Å². The summed E-state index contributed by atoms with van der Waals surface area (Å²) < 4.78 is 13.3. The Kier molecular flexibility index (Phi) is 2.52. The van der Waals surface area contributed by atoms with Crippen molar-refractivity contribution < 1.29 is 9.50 Å².